The van der Waals surface area contributed by atoms with Gasteiger partial charge in [0.2, 0.25) is 11.7 Å². The largest absolute Gasteiger partial charge is 0.497 e. The Kier molecular flexibility index (Phi) is 5.13. The molecule has 5 nitrogen and oxygen atoms in total. The number of rotatable bonds is 5. The van der Waals surface area contributed by atoms with E-state index in [1.165, 1.54) is 0 Å². The summed E-state index contributed by atoms with van der Waals surface area (Å²) in [5.74, 6) is 1.20. The number of carbonyl (C=O) groups excluding carboxylic acids is 1. The molecule has 28 heavy (non-hydrogen) atoms. The van der Waals surface area contributed by atoms with Crippen molar-refractivity contribution in [3.05, 3.63) is 64.7 Å². The van der Waals surface area contributed by atoms with E-state index >= 15 is 0 Å². The Hall–Kier alpha value is -2.37. The Morgan fingerprint density at radius 3 is 2.75 bits per heavy atom. The number of ketones is 1. The third-order valence-corrected chi connectivity index (χ3v) is 5.85. The van der Waals surface area contributed by atoms with Gasteiger partial charge in [-0.05, 0) is 49.4 Å². The van der Waals surface area contributed by atoms with Crippen molar-refractivity contribution >= 4 is 23.3 Å². The minimum Gasteiger partial charge on any atom is -0.497 e. The van der Waals surface area contributed by atoms with E-state index in [1.807, 2.05) is 42.5 Å². The molecule has 2 aromatic rings. The van der Waals surface area contributed by atoms with Gasteiger partial charge in [0.15, 0.2) is 11.6 Å². The van der Waals surface area contributed by atoms with Gasteiger partial charge in [0.25, 0.3) is 0 Å². The number of nitrogens with zero attached hydrogens (tertiary/aromatic N) is 1. The zero-order valence-electron chi connectivity index (χ0n) is 15.7. The van der Waals surface area contributed by atoms with Crippen molar-refractivity contribution in [1.82, 2.24) is 0 Å². The molecule has 2 N–H and O–H groups in total. The molecule has 4 rings (SSSR count). The van der Waals surface area contributed by atoms with E-state index in [9.17, 15) is 4.79 Å². The van der Waals surface area contributed by atoms with Crippen molar-refractivity contribution in [2.75, 3.05) is 7.11 Å². The van der Waals surface area contributed by atoms with E-state index in [0.29, 0.717) is 30.2 Å². The van der Waals surface area contributed by atoms with Crippen LogP contribution in [0.2, 0.25) is 5.02 Å². The summed E-state index contributed by atoms with van der Waals surface area (Å²) in [5, 5.41) is 0.547. The van der Waals surface area contributed by atoms with Crippen LogP contribution in [0, 0.1) is 0 Å². The van der Waals surface area contributed by atoms with E-state index in [-0.39, 0.29) is 5.78 Å². The molecule has 2 aromatic carbocycles. The predicted octanol–water partition coefficient (Wildman–Crippen LogP) is 3.66. The first-order valence-corrected chi connectivity index (χ1v) is 9.85. The van der Waals surface area contributed by atoms with Crippen LogP contribution in [-0.4, -0.2) is 30.9 Å². The highest BCUT2D eigenvalue weighted by atomic mass is 35.5. The summed E-state index contributed by atoms with van der Waals surface area (Å²) in [6.07, 6.45) is 2.20. The van der Waals surface area contributed by atoms with E-state index in [1.54, 1.807) is 13.2 Å². The average molecular weight is 399 g/mol. The number of hydrogen-bond donors (Lipinski definition) is 1. The maximum absolute atomic E-state index is 13.1. The molecular weight excluding hydrogens is 376 g/mol. The Bertz CT molecular complexity index is 912. The molecule has 1 saturated carbocycles. The maximum Gasteiger partial charge on any atom is 0.205 e. The summed E-state index contributed by atoms with van der Waals surface area (Å²) in [6, 6.07) is 14.7. The molecule has 3 atom stereocenters. The zero-order valence-corrected chi connectivity index (χ0v) is 16.5. The van der Waals surface area contributed by atoms with Crippen molar-refractivity contribution in [3.8, 4) is 5.75 Å². The molecule has 1 heterocycles. The van der Waals surface area contributed by atoms with Crippen molar-refractivity contribution in [2.45, 2.75) is 43.4 Å². The lowest BCUT2D eigenvalue weighted by Gasteiger charge is -2.42. The topological polar surface area (TPSA) is 73.9 Å². The SMILES string of the molecule is COc1ccc(CC(N)C2=NC3(c4ccccc4Cl)CCCC(O2)C3=O)cc1. The molecule has 0 amide bonds. The fourth-order valence-corrected chi connectivity index (χ4v) is 4.34. The van der Waals surface area contributed by atoms with Crippen LogP contribution in [0.4, 0.5) is 0 Å². The standard InChI is InChI=1S/C22H23ClN2O3/c1-27-15-10-8-14(9-11-15)13-18(24)21-25-22(16-5-2-3-6-17(16)23)12-4-7-19(28-21)20(22)26/h2-3,5-6,8-11,18-19H,4,7,12-13,24H2,1H3. The molecule has 2 bridgehead atoms. The minimum absolute atomic E-state index is 0.0211. The summed E-state index contributed by atoms with van der Waals surface area (Å²) in [4.78, 5) is 17.9. The number of carbonyl (C=O) groups is 1. The first-order valence-electron chi connectivity index (χ1n) is 9.48. The van der Waals surface area contributed by atoms with Gasteiger partial charge >= 0.3 is 0 Å². The molecule has 1 fully saturated rings. The Labute approximate surface area is 169 Å². The van der Waals surface area contributed by atoms with Crippen LogP contribution in [0.3, 0.4) is 0 Å². The molecule has 3 unspecified atom stereocenters. The van der Waals surface area contributed by atoms with E-state index in [4.69, 9.17) is 31.8 Å². The summed E-state index contributed by atoms with van der Waals surface area (Å²) < 4.78 is 11.1. The number of hydrogen-bond acceptors (Lipinski definition) is 5. The molecule has 1 aliphatic carbocycles. The average Bonchev–Trinajstić information content (AvgIpc) is 2.69. The van der Waals surface area contributed by atoms with E-state index in [2.05, 4.69) is 0 Å². The van der Waals surface area contributed by atoms with Gasteiger partial charge in [0.05, 0.1) is 13.2 Å². The van der Waals surface area contributed by atoms with E-state index in [0.717, 1.165) is 23.3 Å². The molecule has 0 aromatic heterocycles. The first kappa shape index (κ1) is 19.0. The van der Waals surface area contributed by atoms with Crippen molar-refractivity contribution < 1.29 is 14.3 Å². The third kappa shape index (κ3) is 3.29. The molecule has 0 spiro atoms. The van der Waals surface area contributed by atoms with Gasteiger partial charge in [-0.25, -0.2) is 4.99 Å². The van der Waals surface area contributed by atoms with Crippen LogP contribution in [0.25, 0.3) is 0 Å². The Morgan fingerprint density at radius 2 is 2.04 bits per heavy atom. The van der Waals surface area contributed by atoms with Gasteiger partial charge in [-0.2, -0.15) is 0 Å². The second-order valence-electron chi connectivity index (χ2n) is 7.31. The first-order chi connectivity index (χ1) is 13.5. The van der Waals surface area contributed by atoms with Gasteiger partial charge in [-0.1, -0.05) is 41.9 Å². The van der Waals surface area contributed by atoms with Gasteiger partial charge in [-0.15, -0.1) is 0 Å². The third-order valence-electron chi connectivity index (χ3n) is 5.52. The second-order valence-corrected chi connectivity index (χ2v) is 7.72. The molecule has 1 aliphatic heterocycles. The maximum atomic E-state index is 13.1. The predicted molar refractivity (Wildman–Crippen MR) is 109 cm³/mol. The van der Waals surface area contributed by atoms with Crippen molar-refractivity contribution in [1.29, 1.82) is 0 Å². The highest BCUT2D eigenvalue weighted by Gasteiger charge is 2.52. The number of aliphatic imine (C=N–C) groups is 1. The van der Waals surface area contributed by atoms with Gasteiger partial charge < -0.3 is 15.2 Å². The van der Waals surface area contributed by atoms with Crippen molar-refractivity contribution in [2.24, 2.45) is 10.7 Å². The van der Waals surface area contributed by atoms with E-state index < -0.39 is 17.7 Å². The second kappa shape index (κ2) is 7.57. The monoisotopic (exact) mass is 398 g/mol. The lowest BCUT2D eigenvalue weighted by molar-refractivity contribution is -0.137. The molecule has 2 aliphatic rings. The molecule has 146 valence electrons. The van der Waals surface area contributed by atoms with Gasteiger partial charge in [0.1, 0.15) is 5.75 Å². The fraction of sp³-hybridized carbons (Fsp3) is 0.364. The molecular formula is C22H23ClN2O3. The number of Topliss-reactive ketones (excluding diaryl/α,β-unsaturated/α-hetero) is 1. The Balaban J connectivity index is 1.67. The number of fused-ring (bicyclic) bond motifs is 2. The molecule has 6 heteroatoms. The number of nitrogens with two attached hydrogens (primary N) is 1. The Morgan fingerprint density at radius 1 is 1.29 bits per heavy atom. The number of benzene rings is 2. The summed E-state index contributed by atoms with van der Waals surface area (Å²) >= 11 is 6.44. The highest BCUT2D eigenvalue weighted by Crippen LogP contribution is 2.44. The van der Waals surface area contributed by atoms with Crippen LogP contribution >= 0.6 is 11.6 Å². The van der Waals surface area contributed by atoms with Gasteiger partial charge in [0, 0.05) is 10.6 Å². The molecule has 0 saturated heterocycles. The summed E-state index contributed by atoms with van der Waals surface area (Å²) in [7, 11) is 1.63. The summed E-state index contributed by atoms with van der Waals surface area (Å²) in [6.45, 7) is 0. The van der Waals surface area contributed by atoms with Crippen LogP contribution in [0.5, 0.6) is 5.75 Å². The van der Waals surface area contributed by atoms with Crippen LogP contribution in [-0.2, 0) is 21.5 Å². The smallest absolute Gasteiger partial charge is 0.205 e. The normalized spacial score (nSPS) is 24.9. The van der Waals surface area contributed by atoms with Gasteiger partial charge in [-0.3, -0.25) is 4.79 Å². The number of ether oxygens (including phenoxy) is 2. The quantitative estimate of drug-likeness (QED) is 0.834. The zero-order chi connectivity index (χ0) is 19.7. The highest BCUT2D eigenvalue weighted by molar-refractivity contribution is 6.32. The summed E-state index contributed by atoms with van der Waals surface area (Å²) in [5.41, 5.74) is 7.24. The number of halogens is 1. The lowest BCUT2D eigenvalue weighted by Crippen LogP contribution is -2.54. The minimum atomic E-state index is -0.994. The fourth-order valence-electron chi connectivity index (χ4n) is 4.04. The van der Waals surface area contributed by atoms with Crippen LogP contribution in [0.15, 0.2) is 53.5 Å². The number of methoxy groups -OCH3 is 1. The van der Waals surface area contributed by atoms with Crippen LogP contribution < -0.4 is 10.5 Å². The van der Waals surface area contributed by atoms with Crippen molar-refractivity contribution in [3.63, 3.8) is 0 Å². The van der Waals surface area contributed by atoms with Crippen LogP contribution in [0.1, 0.15) is 30.4 Å². The lowest BCUT2D eigenvalue weighted by atomic mass is 9.73. The molecule has 0 radical (unpaired) electrons.